The lowest BCUT2D eigenvalue weighted by Gasteiger charge is -2.11. The number of aryl methyl sites for hydroxylation is 1. The third-order valence-electron chi connectivity index (χ3n) is 3.27. The molecule has 0 aliphatic heterocycles. The molecule has 0 aliphatic carbocycles. The number of benzene rings is 2. The molecule has 0 saturated heterocycles. The maximum Gasteiger partial charge on any atom is 0.261 e. The third kappa shape index (κ3) is 4.24. The van der Waals surface area contributed by atoms with E-state index in [2.05, 4.69) is 11.6 Å². The van der Waals surface area contributed by atoms with E-state index in [1.165, 1.54) is 18.2 Å². The predicted octanol–water partition coefficient (Wildman–Crippen LogP) is 3.19. The molecule has 122 valence electrons. The fourth-order valence-electron chi connectivity index (χ4n) is 2.08. The quantitative estimate of drug-likeness (QED) is 0.836. The van der Waals surface area contributed by atoms with E-state index in [-0.39, 0.29) is 21.2 Å². The third-order valence-corrected chi connectivity index (χ3v) is 4.98. The van der Waals surface area contributed by atoms with E-state index < -0.39 is 15.9 Å². The molecule has 0 aliphatic rings. The summed E-state index contributed by atoms with van der Waals surface area (Å²) in [5, 5.41) is 0.182. The number of primary amides is 1. The van der Waals surface area contributed by atoms with Crippen molar-refractivity contribution < 1.29 is 13.2 Å². The predicted molar refractivity (Wildman–Crippen MR) is 91.2 cm³/mol. The van der Waals surface area contributed by atoms with Crippen molar-refractivity contribution >= 4 is 33.2 Å². The molecule has 1 amide bonds. The molecule has 0 atom stereocenters. The van der Waals surface area contributed by atoms with Crippen molar-refractivity contribution in [1.29, 1.82) is 0 Å². The molecule has 0 bridgehead atoms. The Morgan fingerprint density at radius 1 is 1.17 bits per heavy atom. The Hall–Kier alpha value is -2.05. The second-order valence-electron chi connectivity index (χ2n) is 5.06. The van der Waals surface area contributed by atoms with Crippen LogP contribution in [0.5, 0.6) is 0 Å². The van der Waals surface area contributed by atoms with Crippen molar-refractivity contribution in [1.82, 2.24) is 0 Å². The maximum absolute atomic E-state index is 12.4. The van der Waals surface area contributed by atoms with Gasteiger partial charge in [-0.3, -0.25) is 9.52 Å². The van der Waals surface area contributed by atoms with Gasteiger partial charge in [0.05, 0.1) is 15.6 Å². The number of amides is 1. The minimum absolute atomic E-state index is 0.112. The van der Waals surface area contributed by atoms with Gasteiger partial charge in [0.15, 0.2) is 0 Å². The summed E-state index contributed by atoms with van der Waals surface area (Å²) in [5.74, 6) is -0.661. The first kappa shape index (κ1) is 17.3. The highest BCUT2D eigenvalue weighted by Gasteiger charge is 2.16. The normalized spacial score (nSPS) is 11.2. The molecule has 5 nitrogen and oxygen atoms in total. The molecule has 0 spiro atoms. The Morgan fingerprint density at radius 3 is 2.39 bits per heavy atom. The molecular formula is C16H17ClN2O3S. The summed E-state index contributed by atoms with van der Waals surface area (Å²) in [7, 11) is -3.80. The number of hydrogen-bond donors (Lipinski definition) is 2. The molecule has 23 heavy (non-hydrogen) atoms. The van der Waals surface area contributed by atoms with Crippen molar-refractivity contribution in [3.8, 4) is 0 Å². The van der Waals surface area contributed by atoms with E-state index in [1.807, 2.05) is 0 Å². The van der Waals surface area contributed by atoms with Gasteiger partial charge in [-0.2, -0.15) is 0 Å². The van der Waals surface area contributed by atoms with Crippen LogP contribution in [0.25, 0.3) is 0 Å². The van der Waals surface area contributed by atoms with Crippen molar-refractivity contribution in [3.63, 3.8) is 0 Å². The highest BCUT2D eigenvalue weighted by molar-refractivity contribution is 7.92. The van der Waals surface area contributed by atoms with Crippen molar-refractivity contribution in [2.75, 3.05) is 4.72 Å². The maximum atomic E-state index is 12.4. The molecule has 2 aromatic carbocycles. The summed E-state index contributed by atoms with van der Waals surface area (Å²) in [6.45, 7) is 2.06. The Morgan fingerprint density at radius 2 is 1.83 bits per heavy atom. The average molecular weight is 353 g/mol. The van der Waals surface area contributed by atoms with Crippen molar-refractivity contribution in [2.45, 2.75) is 24.7 Å². The second kappa shape index (κ2) is 7.02. The van der Waals surface area contributed by atoms with E-state index in [1.54, 1.807) is 24.3 Å². The van der Waals surface area contributed by atoms with Crippen LogP contribution in [0.15, 0.2) is 47.4 Å². The van der Waals surface area contributed by atoms with Crippen molar-refractivity contribution in [2.24, 2.45) is 5.73 Å². The van der Waals surface area contributed by atoms with Gasteiger partial charge in [0.25, 0.3) is 10.0 Å². The lowest BCUT2D eigenvalue weighted by Crippen LogP contribution is -2.15. The van der Waals surface area contributed by atoms with Crippen LogP contribution in [-0.4, -0.2) is 14.3 Å². The van der Waals surface area contributed by atoms with Gasteiger partial charge < -0.3 is 5.73 Å². The van der Waals surface area contributed by atoms with Crippen LogP contribution >= 0.6 is 11.6 Å². The zero-order chi connectivity index (χ0) is 17.0. The molecule has 0 radical (unpaired) electrons. The largest absolute Gasteiger partial charge is 0.366 e. The average Bonchev–Trinajstić information content (AvgIpc) is 2.50. The van der Waals surface area contributed by atoms with Crippen LogP contribution in [0.1, 0.15) is 29.3 Å². The first-order chi connectivity index (χ1) is 10.8. The number of anilines is 1. The monoisotopic (exact) mass is 352 g/mol. The topological polar surface area (TPSA) is 89.3 Å². The summed E-state index contributed by atoms with van der Waals surface area (Å²) < 4.78 is 27.2. The van der Waals surface area contributed by atoms with Crippen molar-refractivity contribution in [3.05, 3.63) is 58.6 Å². The van der Waals surface area contributed by atoms with Gasteiger partial charge in [-0.05, 0) is 42.3 Å². The van der Waals surface area contributed by atoms with Gasteiger partial charge >= 0.3 is 0 Å². The zero-order valence-electron chi connectivity index (χ0n) is 12.5. The Kier molecular flexibility index (Phi) is 5.28. The highest BCUT2D eigenvalue weighted by atomic mass is 35.5. The molecule has 7 heteroatoms. The number of sulfonamides is 1. The van der Waals surface area contributed by atoms with Crippen LogP contribution in [0.4, 0.5) is 5.69 Å². The first-order valence-corrected chi connectivity index (χ1v) is 8.90. The summed E-state index contributed by atoms with van der Waals surface area (Å²) in [5.41, 5.74) is 6.55. The number of rotatable bonds is 6. The van der Waals surface area contributed by atoms with Crippen LogP contribution in [0.3, 0.4) is 0 Å². The van der Waals surface area contributed by atoms with Crippen LogP contribution < -0.4 is 10.5 Å². The number of nitrogens with two attached hydrogens (primary N) is 1. The standard InChI is InChI=1S/C16H17ClN2O3S/c1-2-3-11-4-7-13(8-5-11)23(21,22)19-15-10-12(16(18)20)6-9-14(15)17/h4-10,19H,2-3H2,1H3,(H2,18,20). The van der Waals surface area contributed by atoms with Gasteiger partial charge in [0.1, 0.15) is 0 Å². The van der Waals surface area contributed by atoms with Crippen LogP contribution in [0.2, 0.25) is 5.02 Å². The second-order valence-corrected chi connectivity index (χ2v) is 7.15. The highest BCUT2D eigenvalue weighted by Crippen LogP contribution is 2.26. The summed E-state index contributed by atoms with van der Waals surface area (Å²) in [6, 6.07) is 10.8. The number of halogens is 1. The number of hydrogen-bond acceptors (Lipinski definition) is 3. The lowest BCUT2D eigenvalue weighted by atomic mass is 10.1. The summed E-state index contributed by atoms with van der Waals surface area (Å²) in [6.07, 6.45) is 1.88. The smallest absolute Gasteiger partial charge is 0.261 e. The van der Waals surface area contributed by atoms with Crippen LogP contribution in [-0.2, 0) is 16.4 Å². The molecule has 2 aromatic rings. The number of nitrogens with one attached hydrogen (secondary N) is 1. The molecular weight excluding hydrogens is 336 g/mol. The minimum atomic E-state index is -3.80. The van der Waals surface area contributed by atoms with Crippen LogP contribution in [0, 0.1) is 0 Å². The molecule has 0 fully saturated rings. The Balaban J connectivity index is 2.30. The fraction of sp³-hybridized carbons (Fsp3) is 0.188. The number of carbonyl (C=O) groups is 1. The minimum Gasteiger partial charge on any atom is -0.366 e. The molecule has 2 rings (SSSR count). The van der Waals surface area contributed by atoms with E-state index >= 15 is 0 Å². The van der Waals surface area contributed by atoms with E-state index in [9.17, 15) is 13.2 Å². The summed E-state index contributed by atoms with van der Waals surface area (Å²) >= 11 is 5.98. The van der Waals surface area contributed by atoms with Gasteiger partial charge in [0, 0.05) is 5.56 Å². The molecule has 0 saturated carbocycles. The molecule has 0 unspecified atom stereocenters. The number of carbonyl (C=O) groups excluding carboxylic acids is 1. The molecule has 3 N–H and O–H groups in total. The Labute approximate surface area is 140 Å². The SMILES string of the molecule is CCCc1ccc(S(=O)(=O)Nc2cc(C(N)=O)ccc2Cl)cc1. The van der Waals surface area contributed by atoms with Gasteiger partial charge in [-0.25, -0.2) is 8.42 Å². The zero-order valence-corrected chi connectivity index (χ0v) is 14.1. The lowest BCUT2D eigenvalue weighted by molar-refractivity contribution is 0.100. The van der Waals surface area contributed by atoms with Gasteiger partial charge in [-0.1, -0.05) is 37.1 Å². The van der Waals surface area contributed by atoms with Gasteiger partial charge in [-0.15, -0.1) is 0 Å². The molecule has 0 aromatic heterocycles. The van der Waals surface area contributed by atoms with E-state index in [0.717, 1.165) is 18.4 Å². The molecule has 0 heterocycles. The van der Waals surface area contributed by atoms with E-state index in [4.69, 9.17) is 17.3 Å². The summed E-state index contributed by atoms with van der Waals surface area (Å²) in [4.78, 5) is 11.3. The Bertz CT molecular complexity index is 818. The van der Waals surface area contributed by atoms with Gasteiger partial charge in [0.2, 0.25) is 5.91 Å². The van der Waals surface area contributed by atoms with E-state index in [0.29, 0.717) is 0 Å². The first-order valence-electron chi connectivity index (χ1n) is 7.04. The fourth-order valence-corrected chi connectivity index (χ4v) is 3.38.